The van der Waals surface area contributed by atoms with Gasteiger partial charge in [0.25, 0.3) is 0 Å². The number of hydrogen-bond acceptors (Lipinski definition) is 3. The highest BCUT2D eigenvalue weighted by Crippen LogP contribution is 2.18. The number of rotatable bonds is 2. The highest BCUT2D eigenvalue weighted by molar-refractivity contribution is 5.87. The van der Waals surface area contributed by atoms with Crippen LogP contribution in [-0.4, -0.2) is 13.0 Å². The van der Waals surface area contributed by atoms with Crippen LogP contribution in [0.4, 0.5) is 0 Å². The topological polar surface area (TPSA) is 59.3 Å². The van der Waals surface area contributed by atoms with Crippen molar-refractivity contribution in [2.45, 2.75) is 13.3 Å². The summed E-state index contributed by atoms with van der Waals surface area (Å²) in [6, 6.07) is 6.96. The molecule has 1 N–H and O–H groups in total. The molecular weight excluding hydrogens is 218 g/mol. The lowest BCUT2D eigenvalue weighted by Gasteiger charge is -2.05. The van der Waals surface area contributed by atoms with Gasteiger partial charge < -0.3 is 9.73 Å². The Morgan fingerprint density at radius 2 is 2.12 bits per heavy atom. The van der Waals surface area contributed by atoms with E-state index >= 15 is 0 Å². The van der Waals surface area contributed by atoms with Gasteiger partial charge in [-0.3, -0.25) is 4.79 Å². The van der Waals surface area contributed by atoms with Gasteiger partial charge in [-0.2, -0.15) is 0 Å². The summed E-state index contributed by atoms with van der Waals surface area (Å²) >= 11 is 0. The van der Waals surface area contributed by atoms with Crippen molar-refractivity contribution in [1.82, 2.24) is 5.32 Å². The zero-order chi connectivity index (χ0) is 12.4. The van der Waals surface area contributed by atoms with E-state index in [2.05, 4.69) is 5.32 Å². The monoisotopic (exact) mass is 231 g/mol. The fourth-order valence-corrected chi connectivity index (χ4v) is 1.74. The van der Waals surface area contributed by atoms with Gasteiger partial charge in [-0.05, 0) is 24.1 Å². The van der Waals surface area contributed by atoms with Gasteiger partial charge in [0.2, 0.25) is 5.91 Å². The van der Waals surface area contributed by atoms with Crippen LogP contribution in [0, 0.1) is 6.92 Å². The number of carbonyl (C=O) groups excluding carboxylic acids is 1. The average Bonchev–Trinajstić information content (AvgIpc) is 2.27. The number of carbonyl (C=O) groups is 1. The van der Waals surface area contributed by atoms with Gasteiger partial charge >= 0.3 is 5.63 Å². The first kappa shape index (κ1) is 11.4. The van der Waals surface area contributed by atoms with Crippen LogP contribution >= 0.6 is 0 Å². The maximum Gasteiger partial charge on any atom is 0.336 e. The summed E-state index contributed by atoms with van der Waals surface area (Å²) in [6.45, 7) is 1.92. The molecule has 0 aliphatic carbocycles. The standard InChI is InChI=1S/C13H13NO3/c1-8-3-4-10-9(6-12(15)14-2)7-13(16)17-11(10)5-8/h3-5,7H,6H2,1-2H3,(H,14,15). The van der Waals surface area contributed by atoms with Crippen LogP contribution in [-0.2, 0) is 11.2 Å². The number of aryl methyl sites for hydroxylation is 1. The minimum absolute atomic E-state index is 0.127. The molecule has 17 heavy (non-hydrogen) atoms. The van der Waals surface area contributed by atoms with Crippen LogP contribution in [0.25, 0.3) is 11.0 Å². The van der Waals surface area contributed by atoms with E-state index in [9.17, 15) is 9.59 Å². The van der Waals surface area contributed by atoms with Crippen molar-refractivity contribution in [3.8, 4) is 0 Å². The molecule has 2 aromatic rings. The van der Waals surface area contributed by atoms with E-state index in [4.69, 9.17) is 4.42 Å². The van der Waals surface area contributed by atoms with Crippen molar-refractivity contribution in [3.05, 3.63) is 45.8 Å². The molecule has 0 radical (unpaired) electrons. The largest absolute Gasteiger partial charge is 0.423 e. The zero-order valence-electron chi connectivity index (χ0n) is 9.74. The second-order valence-corrected chi connectivity index (χ2v) is 3.94. The minimum Gasteiger partial charge on any atom is -0.423 e. The van der Waals surface area contributed by atoms with Gasteiger partial charge in [-0.1, -0.05) is 12.1 Å². The predicted molar refractivity (Wildman–Crippen MR) is 65.0 cm³/mol. The van der Waals surface area contributed by atoms with Crippen molar-refractivity contribution in [1.29, 1.82) is 0 Å². The molecule has 0 fully saturated rings. The van der Waals surface area contributed by atoms with Crippen LogP contribution in [0.1, 0.15) is 11.1 Å². The normalized spacial score (nSPS) is 10.5. The third kappa shape index (κ3) is 2.36. The van der Waals surface area contributed by atoms with Crippen LogP contribution in [0.15, 0.2) is 33.5 Å². The molecule has 2 rings (SSSR count). The highest BCUT2D eigenvalue weighted by Gasteiger charge is 2.08. The van der Waals surface area contributed by atoms with E-state index in [-0.39, 0.29) is 12.3 Å². The van der Waals surface area contributed by atoms with Gasteiger partial charge in [-0.25, -0.2) is 4.79 Å². The van der Waals surface area contributed by atoms with Gasteiger partial charge in [0.05, 0.1) is 6.42 Å². The minimum atomic E-state index is -0.429. The summed E-state index contributed by atoms with van der Waals surface area (Å²) in [5.74, 6) is -0.127. The van der Waals surface area contributed by atoms with Crippen LogP contribution in [0.3, 0.4) is 0 Å². The summed E-state index contributed by atoms with van der Waals surface area (Å²) in [5.41, 5.74) is 1.80. The number of hydrogen-bond donors (Lipinski definition) is 1. The maximum atomic E-state index is 11.4. The van der Waals surface area contributed by atoms with Gasteiger partial charge in [-0.15, -0.1) is 0 Å². The second kappa shape index (κ2) is 4.41. The summed E-state index contributed by atoms with van der Waals surface area (Å²) in [5, 5.41) is 3.34. The van der Waals surface area contributed by atoms with E-state index in [1.54, 1.807) is 13.1 Å². The molecule has 4 nitrogen and oxygen atoms in total. The molecule has 1 aromatic carbocycles. The van der Waals surface area contributed by atoms with Gasteiger partial charge in [0, 0.05) is 18.5 Å². The Morgan fingerprint density at radius 1 is 1.35 bits per heavy atom. The number of benzene rings is 1. The van der Waals surface area contributed by atoms with Crippen molar-refractivity contribution in [2.75, 3.05) is 7.05 Å². The Labute approximate surface area is 98.3 Å². The molecule has 1 amide bonds. The highest BCUT2D eigenvalue weighted by atomic mass is 16.4. The molecule has 0 bridgehead atoms. The van der Waals surface area contributed by atoms with Crippen molar-refractivity contribution in [3.63, 3.8) is 0 Å². The van der Waals surface area contributed by atoms with Crippen molar-refractivity contribution in [2.24, 2.45) is 0 Å². The third-order valence-electron chi connectivity index (χ3n) is 2.62. The summed E-state index contributed by atoms with van der Waals surface area (Å²) in [6.07, 6.45) is 0.182. The van der Waals surface area contributed by atoms with Gasteiger partial charge in [0.15, 0.2) is 0 Å². The van der Waals surface area contributed by atoms with E-state index in [0.717, 1.165) is 10.9 Å². The second-order valence-electron chi connectivity index (χ2n) is 3.94. The Morgan fingerprint density at radius 3 is 2.82 bits per heavy atom. The molecule has 0 spiro atoms. The molecule has 0 saturated carbocycles. The maximum absolute atomic E-state index is 11.4. The zero-order valence-corrected chi connectivity index (χ0v) is 9.74. The quantitative estimate of drug-likeness (QED) is 0.794. The summed E-state index contributed by atoms with van der Waals surface area (Å²) in [7, 11) is 1.57. The molecule has 0 aliphatic heterocycles. The Hall–Kier alpha value is -2.10. The fraction of sp³-hybridized carbons (Fsp3) is 0.231. The van der Waals surface area contributed by atoms with E-state index < -0.39 is 5.63 Å². The first-order valence-corrected chi connectivity index (χ1v) is 5.34. The van der Waals surface area contributed by atoms with E-state index in [0.29, 0.717) is 11.1 Å². The van der Waals surface area contributed by atoms with Crippen molar-refractivity contribution >= 4 is 16.9 Å². The Kier molecular flexibility index (Phi) is 2.95. The molecule has 0 saturated heterocycles. The molecule has 0 aliphatic rings. The lowest BCUT2D eigenvalue weighted by atomic mass is 10.1. The van der Waals surface area contributed by atoms with Crippen LogP contribution in [0.5, 0.6) is 0 Å². The lowest BCUT2D eigenvalue weighted by molar-refractivity contribution is -0.119. The molecule has 1 heterocycles. The van der Waals surface area contributed by atoms with Crippen LogP contribution < -0.4 is 10.9 Å². The fourth-order valence-electron chi connectivity index (χ4n) is 1.74. The van der Waals surface area contributed by atoms with E-state index in [1.807, 2.05) is 19.1 Å². The lowest BCUT2D eigenvalue weighted by Crippen LogP contribution is -2.20. The third-order valence-corrected chi connectivity index (χ3v) is 2.62. The smallest absolute Gasteiger partial charge is 0.336 e. The van der Waals surface area contributed by atoms with Crippen molar-refractivity contribution < 1.29 is 9.21 Å². The first-order chi connectivity index (χ1) is 8.10. The number of fused-ring (bicyclic) bond motifs is 1. The van der Waals surface area contributed by atoms with E-state index in [1.165, 1.54) is 6.07 Å². The van der Waals surface area contributed by atoms with Crippen LogP contribution in [0.2, 0.25) is 0 Å². The molecule has 4 heteroatoms. The number of nitrogens with one attached hydrogen (secondary N) is 1. The average molecular weight is 231 g/mol. The first-order valence-electron chi connectivity index (χ1n) is 5.34. The Balaban J connectivity index is 2.61. The summed E-state index contributed by atoms with van der Waals surface area (Å²) < 4.78 is 5.11. The molecule has 0 unspecified atom stereocenters. The Bertz CT molecular complexity index is 628. The SMILES string of the molecule is CNC(=O)Cc1cc(=O)oc2cc(C)ccc12. The molecule has 0 atom stereocenters. The number of likely N-dealkylation sites (N-methyl/N-ethyl adjacent to an activating group) is 1. The summed E-state index contributed by atoms with van der Waals surface area (Å²) in [4.78, 5) is 22.7. The molecule has 1 aromatic heterocycles. The van der Waals surface area contributed by atoms with Gasteiger partial charge in [0.1, 0.15) is 5.58 Å². The predicted octanol–water partition coefficient (Wildman–Crippen LogP) is 1.39. The number of amides is 1. The molecule has 88 valence electrons. The molecular formula is C13H13NO3.